The topological polar surface area (TPSA) is 63.7 Å². The number of pyridine rings is 1. The molecule has 1 aromatic heterocycles. The van der Waals surface area contributed by atoms with Gasteiger partial charge in [0.05, 0.1) is 6.61 Å². The van der Waals surface area contributed by atoms with Crippen LogP contribution in [0.15, 0.2) is 42.6 Å². The lowest BCUT2D eigenvalue weighted by Crippen LogP contribution is -2.48. The van der Waals surface area contributed by atoms with Crippen molar-refractivity contribution in [1.29, 1.82) is 0 Å². The number of nitrogens with zero attached hydrogens (tertiary/aromatic N) is 2. The van der Waals surface area contributed by atoms with Crippen LogP contribution in [0, 0.1) is 5.82 Å². The number of amides is 1. The molecule has 0 spiro atoms. The fourth-order valence-corrected chi connectivity index (χ4v) is 2.61. The van der Waals surface area contributed by atoms with Gasteiger partial charge in [0.25, 0.3) is 0 Å². The fraction of sp³-hybridized carbons (Fsp3) is 0.333. The van der Waals surface area contributed by atoms with E-state index in [0.29, 0.717) is 31.3 Å². The number of carbonyl (C=O) groups is 1. The Labute approximate surface area is 145 Å². The van der Waals surface area contributed by atoms with Crippen molar-refractivity contribution in [3.63, 3.8) is 0 Å². The maximum absolute atomic E-state index is 12.9. The Morgan fingerprint density at radius 2 is 2.16 bits per heavy atom. The molecule has 1 aromatic carbocycles. The predicted molar refractivity (Wildman–Crippen MR) is 89.8 cm³/mol. The fourth-order valence-electron chi connectivity index (χ4n) is 2.61. The number of hydrogen-bond donors (Lipinski definition) is 1. The number of carbonyl (C=O) groups excluding carboxylic acids is 1. The van der Waals surface area contributed by atoms with Gasteiger partial charge in [-0.25, -0.2) is 9.37 Å². The second-order valence-electron chi connectivity index (χ2n) is 5.77. The van der Waals surface area contributed by atoms with Crippen LogP contribution >= 0.6 is 0 Å². The number of hydrogen-bond acceptors (Lipinski definition) is 5. The number of morpholine rings is 1. The van der Waals surface area contributed by atoms with Gasteiger partial charge >= 0.3 is 0 Å². The van der Waals surface area contributed by atoms with Crippen LogP contribution < -0.4 is 10.1 Å². The number of ether oxygens (including phenoxy) is 2. The monoisotopic (exact) mass is 345 g/mol. The van der Waals surface area contributed by atoms with Gasteiger partial charge in [0.1, 0.15) is 17.7 Å². The van der Waals surface area contributed by atoms with Gasteiger partial charge in [0.15, 0.2) is 0 Å². The highest BCUT2D eigenvalue weighted by Crippen LogP contribution is 2.20. The summed E-state index contributed by atoms with van der Waals surface area (Å²) in [7, 11) is 1.61. The summed E-state index contributed by atoms with van der Waals surface area (Å²) in [6, 6.07) is 9.48. The first kappa shape index (κ1) is 17.3. The van der Waals surface area contributed by atoms with Gasteiger partial charge in [-0.3, -0.25) is 9.69 Å². The minimum absolute atomic E-state index is 0.106. The molecule has 3 rings (SSSR count). The van der Waals surface area contributed by atoms with E-state index in [1.807, 2.05) is 6.07 Å². The summed E-state index contributed by atoms with van der Waals surface area (Å²) in [4.78, 5) is 18.1. The second-order valence-corrected chi connectivity index (χ2v) is 5.77. The number of likely N-dealkylation sites (N-methyl/N-ethyl adjacent to an activating group) is 1. The molecule has 25 heavy (non-hydrogen) atoms. The van der Waals surface area contributed by atoms with Gasteiger partial charge in [-0.1, -0.05) is 6.07 Å². The van der Waals surface area contributed by atoms with Crippen LogP contribution in [0.5, 0.6) is 11.6 Å². The Bertz CT molecular complexity index is 707. The van der Waals surface area contributed by atoms with E-state index in [0.717, 1.165) is 12.1 Å². The number of halogens is 1. The number of nitrogens with one attached hydrogen (secondary N) is 1. The second kappa shape index (κ2) is 8.04. The number of benzene rings is 1. The Morgan fingerprint density at radius 3 is 2.84 bits per heavy atom. The Hall–Kier alpha value is -2.51. The maximum Gasteiger partial charge on any atom is 0.250 e. The summed E-state index contributed by atoms with van der Waals surface area (Å²) in [5.74, 6) is 0.561. The van der Waals surface area contributed by atoms with Crippen molar-refractivity contribution < 1.29 is 18.7 Å². The molecule has 1 aliphatic heterocycles. The number of aromatic nitrogens is 1. The molecule has 1 N–H and O–H groups in total. The van der Waals surface area contributed by atoms with E-state index in [4.69, 9.17) is 9.47 Å². The Balaban J connectivity index is 1.57. The lowest BCUT2D eigenvalue weighted by atomic mass is 10.2. The molecule has 1 fully saturated rings. The molecule has 1 amide bonds. The third-order valence-corrected chi connectivity index (χ3v) is 3.93. The molecular formula is C18H20FN3O3. The van der Waals surface area contributed by atoms with E-state index >= 15 is 0 Å². The lowest BCUT2D eigenvalue weighted by Gasteiger charge is -2.31. The number of rotatable bonds is 5. The SMILES string of the molecule is CNC(=O)C1CN(Cc2ccc(Oc3ccc(F)cc3)nc2)CCO1. The summed E-state index contributed by atoms with van der Waals surface area (Å²) in [6.45, 7) is 2.52. The molecule has 1 aliphatic rings. The summed E-state index contributed by atoms with van der Waals surface area (Å²) in [5.41, 5.74) is 1.02. The molecule has 6 nitrogen and oxygen atoms in total. The van der Waals surface area contributed by atoms with Crippen LogP contribution in [0.3, 0.4) is 0 Å². The Morgan fingerprint density at radius 1 is 1.36 bits per heavy atom. The quantitative estimate of drug-likeness (QED) is 0.898. The third-order valence-electron chi connectivity index (χ3n) is 3.93. The molecular weight excluding hydrogens is 325 g/mol. The summed E-state index contributed by atoms with van der Waals surface area (Å²) in [6.07, 6.45) is 1.30. The Kier molecular flexibility index (Phi) is 5.57. The van der Waals surface area contributed by atoms with Crippen molar-refractivity contribution in [2.24, 2.45) is 0 Å². The predicted octanol–water partition coefficient (Wildman–Crippen LogP) is 1.96. The van der Waals surface area contributed by atoms with Gasteiger partial charge in [-0.15, -0.1) is 0 Å². The minimum atomic E-state index is -0.437. The van der Waals surface area contributed by atoms with Gasteiger partial charge in [0, 0.05) is 38.9 Å². The minimum Gasteiger partial charge on any atom is -0.439 e. The van der Waals surface area contributed by atoms with E-state index in [-0.39, 0.29) is 11.7 Å². The average Bonchev–Trinajstić information content (AvgIpc) is 2.65. The molecule has 1 unspecified atom stereocenters. The van der Waals surface area contributed by atoms with E-state index in [2.05, 4.69) is 15.2 Å². The highest BCUT2D eigenvalue weighted by molar-refractivity contribution is 5.80. The first-order valence-electron chi connectivity index (χ1n) is 8.08. The molecule has 0 saturated carbocycles. The van der Waals surface area contributed by atoms with Crippen LogP contribution in [0.25, 0.3) is 0 Å². The first-order chi connectivity index (χ1) is 12.1. The zero-order chi connectivity index (χ0) is 17.6. The molecule has 2 aromatic rings. The van der Waals surface area contributed by atoms with Crippen LogP contribution in [0.2, 0.25) is 0 Å². The molecule has 0 radical (unpaired) electrons. The van der Waals surface area contributed by atoms with Crippen LogP contribution in [0.1, 0.15) is 5.56 Å². The van der Waals surface area contributed by atoms with Crippen molar-refractivity contribution in [3.05, 3.63) is 54.0 Å². The van der Waals surface area contributed by atoms with Gasteiger partial charge in [-0.05, 0) is 29.8 Å². The largest absolute Gasteiger partial charge is 0.439 e. The average molecular weight is 345 g/mol. The van der Waals surface area contributed by atoms with E-state index < -0.39 is 6.10 Å². The standard InChI is InChI=1S/C18H20FN3O3/c1-20-18(23)16-12-22(8-9-24-16)11-13-2-7-17(21-10-13)25-15-5-3-14(19)4-6-15/h2-7,10,16H,8-9,11-12H2,1H3,(H,20,23). The van der Waals surface area contributed by atoms with Crippen LogP contribution in [0.4, 0.5) is 4.39 Å². The van der Waals surface area contributed by atoms with Gasteiger partial charge in [0.2, 0.25) is 11.8 Å². The van der Waals surface area contributed by atoms with E-state index in [1.165, 1.54) is 12.1 Å². The van der Waals surface area contributed by atoms with Crippen molar-refractivity contribution in [2.45, 2.75) is 12.6 Å². The molecule has 0 aliphatic carbocycles. The van der Waals surface area contributed by atoms with Crippen molar-refractivity contribution in [2.75, 3.05) is 26.7 Å². The molecule has 7 heteroatoms. The van der Waals surface area contributed by atoms with E-state index in [1.54, 1.807) is 31.4 Å². The molecule has 2 heterocycles. The molecule has 132 valence electrons. The van der Waals surface area contributed by atoms with Crippen LogP contribution in [-0.2, 0) is 16.1 Å². The third kappa shape index (κ3) is 4.74. The molecule has 1 atom stereocenters. The summed E-state index contributed by atoms with van der Waals surface area (Å²) in [5, 5.41) is 2.61. The molecule has 0 bridgehead atoms. The summed E-state index contributed by atoms with van der Waals surface area (Å²) < 4.78 is 23.9. The highest BCUT2D eigenvalue weighted by atomic mass is 19.1. The van der Waals surface area contributed by atoms with Crippen molar-refractivity contribution in [1.82, 2.24) is 15.2 Å². The highest BCUT2D eigenvalue weighted by Gasteiger charge is 2.25. The first-order valence-corrected chi connectivity index (χ1v) is 8.08. The lowest BCUT2D eigenvalue weighted by molar-refractivity contribution is -0.138. The van der Waals surface area contributed by atoms with Crippen LogP contribution in [-0.4, -0.2) is 48.6 Å². The summed E-state index contributed by atoms with van der Waals surface area (Å²) >= 11 is 0. The maximum atomic E-state index is 12.9. The van der Waals surface area contributed by atoms with E-state index in [9.17, 15) is 9.18 Å². The zero-order valence-corrected chi connectivity index (χ0v) is 13.9. The van der Waals surface area contributed by atoms with Gasteiger partial charge in [-0.2, -0.15) is 0 Å². The van der Waals surface area contributed by atoms with Crippen molar-refractivity contribution in [3.8, 4) is 11.6 Å². The normalized spacial score (nSPS) is 17.9. The van der Waals surface area contributed by atoms with Crippen molar-refractivity contribution >= 4 is 5.91 Å². The smallest absolute Gasteiger partial charge is 0.250 e. The molecule has 1 saturated heterocycles. The van der Waals surface area contributed by atoms with Gasteiger partial charge < -0.3 is 14.8 Å². The zero-order valence-electron chi connectivity index (χ0n) is 13.9.